The van der Waals surface area contributed by atoms with Crippen molar-refractivity contribution in [3.8, 4) is 0 Å². The van der Waals surface area contributed by atoms with Gasteiger partial charge in [0.1, 0.15) is 0 Å². The van der Waals surface area contributed by atoms with Gasteiger partial charge in [-0.1, -0.05) is 11.8 Å². The molecule has 2 rings (SSSR count). The summed E-state index contributed by atoms with van der Waals surface area (Å²) in [5, 5.41) is 12.0. The Morgan fingerprint density at radius 2 is 1.95 bits per heavy atom. The molecule has 1 aromatic carbocycles. The minimum absolute atomic E-state index is 0.176. The molecule has 0 aliphatic carbocycles. The number of aromatic carboxylic acids is 1. The van der Waals surface area contributed by atoms with E-state index in [4.69, 9.17) is 5.11 Å². The zero-order valence-electron chi connectivity index (χ0n) is 11.2. The Morgan fingerprint density at radius 3 is 2.57 bits per heavy atom. The topological polar surface area (TPSA) is 92.2 Å². The van der Waals surface area contributed by atoms with Crippen molar-refractivity contribution in [1.29, 1.82) is 0 Å². The van der Waals surface area contributed by atoms with Crippen molar-refractivity contribution >= 4 is 29.3 Å². The third-order valence-corrected chi connectivity index (χ3v) is 3.38. The lowest BCUT2D eigenvalue weighted by molar-refractivity contribution is -0.113. The highest BCUT2D eigenvalue weighted by atomic mass is 32.2. The number of nitrogens with zero attached hydrogens (tertiary/aromatic N) is 2. The summed E-state index contributed by atoms with van der Waals surface area (Å²) in [6, 6.07) is 7.77. The fourth-order valence-corrected chi connectivity index (χ4v) is 2.20. The number of aromatic nitrogens is 2. The van der Waals surface area contributed by atoms with Crippen molar-refractivity contribution in [3.05, 3.63) is 47.8 Å². The van der Waals surface area contributed by atoms with E-state index in [0.29, 0.717) is 10.8 Å². The standard InChI is InChI=1S/C14H13N3O3S/c1-9-6-7-15-14(16-9)21-8-12(18)17-11-4-2-10(3-5-11)13(19)20/h2-7H,8H2,1H3,(H,17,18)(H,19,20). The zero-order valence-corrected chi connectivity index (χ0v) is 12.1. The highest BCUT2D eigenvalue weighted by Gasteiger charge is 2.07. The van der Waals surface area contributed by atoms with E-state index >= 15 is 0 Å². The van der Waals surface area contributed by atoms with E-state index in [9.17, 15) is 9.59 Å². The molecule has 0 radical (unpaired) electrons. The van der Waals surface area contributed by atoms with Crippen molar-refractivity contribution < 1.29 is 14.7 Å². The fourth-order valence-electron chi connectivity index (χ4n) is 1.52. The summed E-state index contributed by atoms with van der Waals surface area (Å²) in [5.74, 6) is -1.02. The lowest BCUT2D eigenvalue weighted by Crippen LogP contribution is -2.14. The van der Waals surface area contributed by atoms with Crippen molar-refractivity contribution in [2.45, 2.75) is 12.1 Å². The molecular weight excluding hydrogens is 290 g/mol. The van der Waals surface area contributed by atoms with Gasteiger partial charge in [0.25, 0.3) is 0 Å². The van der Waals surface area contributed by atoms with Gasteiger partial charge in [-0.15, -0.1) is 0 Å². The quantitative estimate of drug-likeness (QED) is 0.650. The van der Waals surface area contributed by atoms with E-state index in [-0.39, 0.29) is 17.2 Å². The Hall–Kier alpha value is -2.41. The third kappa shape index (κ3) is 4.57. The van der Waals surface area contributed by atoms with Gasteiger partial charge in [-0.25, -0.2) is 14.8 Å². The second-order valence-corrected chi connectivity index (χ2v) is 5.14. The number of thioether (sulfide) groups is 1. The summed E-state index contributed by atoms with van der Waals surface area (Å²) >= 11 is 1.24. The number of amides is 1. The van der Waals surface area contributed by atoms with Crippen LogP contribution in [-0.2, 0) is 4.79 Å². The van der Waals surface area contributed by atoms with Gasteiger partial charge < -0.3 is 10.4 Å². The second kappa shape index (κ2) is 6.85. The highest BCUT2D eigenvalue weighted by molar-refractivity contribution is 7.99. The Bertz CT molecular complexity index is 659. The number of carboxylic acid groups (broad SMARTS) is 1. The molecule has 2 aromatic rings. The van der Waals surface area contributed by atoms with Crippen molar-refractivity contribution in [2.75, 3.05) is 11.1 Å². The maximum absolute atomic E-state index is 11.8. The number of anilines is 1. The molecule has 0 bridgehead atoms. The molecule has 7 heteroatoms. The van der Waals surface area contributed by atoms with Crippen LogP contribution in [-0.4, -0.2) is 32.7 Å². The molecule has 21 heavy (non-hydrogen) atoms. The second-order valence-electron chi connectivity index (χ2n) is 4.20. The van der Waals surface area contributed by atoms with Gasteiger partial charge in [0.2, 0.25) is 5.91 Å². The van der Waals surface area contributed by atoms with E-state index in [1.54, 1.807) is 24.4 Å². The molecule has 0 fully saturated rings. The number of nitrogens with one attached hydrogen (secondary N) is 1. The molecule has 1 aromatic heterocycles. The average Bonchev–Trinajstić information content (AvgIpc) is 2.46. The smallest absolute Gasteiger partial charge is 0.335 e. The van der Waals surface area contributed by atoms with Gasteiger partial charge in [0.15, 0.2) is 5.16 Å². The monoisotopic (exact) mass is 303 g/mol. The van der Waals surface area contributed by atoms with Gasteiger partial charge in [-0.05, 0) is 37.3 Å². The Labute approximate surface area is 125 Å². The van der Waals surface area contributed by atoms with E-state index in [1.165, 1.54) is 23.9 Å². The molecule has 0 unspecified atom stereocenters. The molecule has 0 aliphatic heterocycles. The van der Waals surface area contributed by atoms with Gasteiger partial charge >= 0.3 is 5.97 Å². The van der Waals surface area contributed by atoms with Gasteiger partial charge in [0.05, 0.1) is 11.3 Å². The Kier molecular flexibility index (Phi) is 4.89. The number of carbonyl (C=O) groups excluding carboxylic acids is 1. The minimum Gasteiger partial charge on any atom is -0.478 e. The summed E-state index contributed by atoms with van der Waals surface area (Å²) in [6.45, 7) is 1.86. The van der Waals surface area contributed by atoms with Crippen molar-refractivity contribution in [3.63, 3.8) is 0 Å². The number of benzene rings is 1. The number of hydrogen-bond donors (Lipinski definition) is 2. The predicted molar refractivity (Wildman–Crippen MR) is 79.5 cm³/mol. The summed E-state index contributed by atoms with van der Waals surface area (Å²) in [7, 11) is 0. The van der Waals surface area contributed by atoms with Gasteiger partial charge in [-0.3, -0.25) is 4.79 Å². The molecule has 0 aliphatic rings. The van der Waals surface area contributed by atoms with E-state index in [1.807, 2.05) is 6.92 Å². The van der Waals surface area contributed by atoms with Crippen LogP contribution >= 0.6 is 11.8 Å². The molecule has 1 amide bonds. The van der Waals surface area contributed by atoms with E-state index in [2.05, 4.69) is 15.3 Å². The van der Waals surface area contributed by atoms with Crippen LogP contribution in [0.4, 0.5) is 5.69 Å². The largest absolute Gasteiger partial charge is 0.478 e. The van der Waals surface area contributed by atoms with Crippen molar-refractivity contribution in [1.82, 2.24) is 9.97 Å². The fraction of sp³-hybridized carbons (Fsp3) is 0.143. The number of carbonyl (C=O) groups is 2. The SMILES string of the molecule is Cc1ccnc(SCC(=O)Nc2ccc(C(=O)O)cc2)n1. The number of aryl methyl sites for hydroxylation is 1. The van der Waals surface area contributed by atoms with Crippen LogP contribution in [0.1, 0.15) is 16.1 Å². The molecule has 0 saturated heterocycles. The van der Waals surface area contributed by atoms with E-state index in [0.717, 1.165) is 5.69 Å². The molecule has 0 saturated carbocycles. The maximum atomic E-state index is 11.8. The Morgan fingerprint density at radius 1 is 1.24 bits per heavy atom. The zero-order chi connectivity index (χ0) is 15.2. The lowest BCUT2D eigenvalue weighted by atomic mass is 10.2. The molecular formula is C14H13N3O3S. The first-order valence-electron chi connectivity index (χ1n) is 6.10. The number of hydrogen-bond acceptors (Lipinski definition) is 5. The highest BCUT2D eigenvalue weighted by Crippen LogP contribution is 2.14. The molecule has 0 atom stereocenters. The first kappa shape index (κ1) is 15.0. The summed E-state index contributed by atoms with van der Waals surface area (Å²) < 4.78 is 0. The van der Waals surface area contributed by atoms with Crippen LogP contribution in [0.5, 0.6) is 0 Å². The van der Waals surface area contributed by atoms with Crippen LogP contribution in [0.2, 0.25) is 0 Å². The summed E-state index contributed by atoms with van der Waals surface area (Å²) in [5.41, 5.74) is 1.57. The van der Waals surface area contributed by atoms with Crippen LogP contribution in [0, 0.1) is 6.92 Å². The van der Waals surface area contributed by atoms with Crippen LogP contribution in [0.15, 0.2) is 41.7 Å². The molecule has 2 N–H and O–H groups in total. The summed E-state index contributed by atoms with van der Waals surface area (Å²) in [6.07, 6.45) is 1.65. The maximum Gasteiger partial charge on any atom is 0.335 e. The van der Waals surface area contributed by atoms with Gasteiger partial charge in [0, 0.05) is 17.6 Å². The van der Waals surface area contributed by atoms with Crippen molar-refractivity contribution in [2.24, 2.45) is 0 Å². The molecule has 1 heterocycles. The van der Waals surface area contributed by atoms with E-state index < -0.39 is 5.97 Å². The first-order chi connectivity index (χ1) is 10.0. The van der Waals surface area contributed by atoms with Gasteiger partial charge in [-0.2, -0.15) is 0 Å². The first-order valence-corrected chi connectivity index (χ1v) is 7.09. The lowest BCUT2D eigenvalue weighted by Gasteiger charge is -2.05. The average molecular weight is 303 g/mol. The molecule has 108 valence electrons. The van der Waals surface area contributed by atoms with Crippen LogP contribution in [0.3, 0.4) is 0 Å². The predicted octanol–water partition coefficient (Wildman–Crippen LogP) is 2.21. The minimum atomic E-state index is -1.000. The molecule has 6 nitrogen and oxygen atoms in total. The normalized spacial score (nSPS) is 10.1. The summed E-state index contributed by atoms with van der Waals surface area (Å²) in [4.78, 5) is 30.7. The van der Waals surface area contributed by atoms with Crippen LogP contribution < -0.4 is 5.32 Å². The molecule has 0 spiro atoms. The van der Waals surface area contributed by atoms with Crippen LogP contribution in [0.25, 0.3) is 0 Å². The number of rotatable bonds is 5. The third-order valence-electron chi connectivity index (χ3n) is 2.52. The number of carboxylic acids is 1. The Balaban J connectivity index is 1.88.